The van der Waals surface area contributed by atoms with E-state index in [-0.39, 0.29) is 36.0 Å². The van der Waals surface area contributed by atoms with Crippen LogP contribution in [0.3, 0.4) is 0 Å². The van der Waals surface area contributed by atoms with Crippen molar-refractivity contribution < 1.29 is 14.0 Å². The van der Waals surface area contributed by atoms with Crippen LogP contribution in [-0.4, -0.2) is 24.9 Å². The Morgan fingerprint density at radius 1 is 1.04 bits per heavy atom. The molecule has 0 radical (unpaired) electrons. The first-order valence-electron chi connectivity index (χ1n) is 8.22. The maximum absolute atomic E-state index is 13.7. The van der Waals surface area contributed by atoms with E-state index in [4.69, 9.17) is 23.2 Å². The van der Waals surface area contributed by atoms with Gasteiger partial charge in [0.1, 0.15) is 5.82 Å². The third-order valence-corrected chi connectivity index (χ3v) is 5.06. The van der Waals surface area contributed by atoms with Gasteiger partial charge in [-0.2, -0.15) is 0 Å². The summed E-state index contributed by atoms with van der Waals surface area (Å²) in [6.07, 6.45) is 0.641. The minimum absolute atomic E-state index is 0.0676. The van der Waals surface area contributed by atoms with Crippen molar-refractivity contribution in [2.24, 2.45) is 5.92 Å². The first-order chi connectivity index (χ1) is 12.5. The average Bonchev–Trinajstić information content (AvgIpc) is 3.41. The van der Waals surface area contributed by atoms with E-state index >= 15 is 0 Å². The van der Waals surface area contributed by atoms with Crippen LogP contribution < -0.4 is 10.6 Å². The maximum Gasteiger partial charge on any atom is 0.251 e. The van der Waals surface area contributed by atoms with Crippen molar-refractivity contribution in [2.75, 3.05) is 13.1 Å². The van der Waals surface area contributed by atoms with Crippen LogP contribution in [0.25, 0.3) is 0 Å². The highest BCUT2D eigenvalue weighted by molar-refractivity contribution is 6.42. The average molecular weight is 395 g/mol. The van der Waals surface area contributed by atoms with Crippen LogP contribution in [0.1, 0.15) is 28.3 Å². The molecule has 1 aliphatic rings. The predicted molar refractivity (Wildman–Crippen MR) is 99.1 cm³/mol. The van der Waals surface area contributed by atoms with Gasteiger partial charge in [0.2, 0.25) is 5.91 Å². The van der Waals surface area contributed by atoms with Crippen molar-refractivity contribution in [3.63, 3.8) is 0 Å². The Labute approximate surface area is 160 Å². The highest BCUT2D eigenvalue weighted by Gasteiger charge is 2.44. The first kappa shape index (κ1) is 18.7. The second-order valence-electron chi connectivity index (χ2n) is 6.15. The minimum Gasteiger partial charge on any atom is -0.354 e. The van der Waals surface area contributed by atoms with Crippen molar-refractivity contribution in [1.82, 2.24) is 10.6 Å². The molecule has 2 N–H and O–H groups in total. The highest BCUT2D eigenvalue weighted by atomic mass is 35.5. The van der Waals surface area contributed by atoms with Gasteiger partial charge in [0.15, 0.2) is 0 Å². The summed E-state index contributed by atoms with van der Waals surface area (Å²) in [5.74, 6) is -0.975. The summed E-state index contributed by atoms with van der Waals surface area (Å²) in [4.78, 5) is 24.1. The molecule has 7 heteroatoms. The summed E-state index contributed by atoms with van der Waals surface area (Å²) in [6.45, 7) is 0.578. The van der Waals surface area contributed by atoms with Crippen molar-refractivity contribution in [1.29, 1.82) is 0 Å². The Morgan fingerprint density at radius 3 is 2.50 bits per heavy atom. The summed E-state index contributed by atoms with van der Waals surface area (Å²) in [6, 6.07) is 11.1. The molecule has 1 aliphatic carbocycles. The van der Waals surface area contributed by atoms with Gasteiger partial charge in [-0.05, 0) is 42.2 Å². The maximum atomic E-state index is 13.7. The van der Waals surface area contributed by atoms with Gasteiger partial charge in [0.25, 0.3) is 5.91 Å². The molecule has 3 rings (SSSR count). The number of nitrogens with one attached hydrogen (secondary N) is 2. The molecule has 2 aromatic rings. The SMILES string of the molecule is O=C(NCCNC(=O)C1CC1c1ccccc1F)c1ccc(Cl)c(Cl)c1. The Bertz CT molecular complexity index is 844. The van der Waals surface area contributed by atoms with Crippen molar-refractivity contribution in [3.8, 4) is 0 Å². The van der Waals surface area contributed by atoms with Gasteiger partial charge in [-0.1, -0.05) is 41.4 Å². The van der Waals surface area contributed by atoms with Gasteiger partial charge in [0, 0.05) is 24.6 Å². The molecule has 1 saturated carbocycles. The predicted octanol–water partition coefficient (Wildman–Crippen LogP) is 3.78. The summed E-state index contributed by atoms with van der Waals surface area (Å²) in [5, 5.41) is 6.15. The van der Waals surface area contributed by atoms with Crippen LogP contribution in [0.2, 0.25) is 10.0 Å². The Kier molecular flexibility index (Phi) is 5.79. The third kappa shape index (κ3) is 4.34. The van der Waals surface area contributed by atoms with Crippen molar-refractivity contribution in [2.45, 2.75) is 12.3 Å². The zero-order chi connectivity index (χ0) is 18.7. The zero-order valence-corrected chi connectivity index (χ0v) is 15.3. The molecule has 26 heavy (non-hydrogen) atoms. The minimum atomic E-state index is -0.298. The first-order valence-corrected chi connectivity index (χ1v) is 8.98. The Hall–Kier alpha value is -2.11. The number of carbonyl (C=O) groups excluding carboxylic acids is 2. The van der Waals surface area contributed by atoms with Crippen LogP contribution >= 0.6 is 23.2 Å². The van der Waals surface area contributed by atoms with Gasteiger partial charge in [0.05, 0.1) is 10.0 Å². The Morgan fingerprint density at radius 2 is 1.77 bits per heavy atom. The summed E-state index contributed by atoms with van der Waals surface area (Å²) in [5.41, 5.74) is 0.980. The van der Waals surface area contributed by atoms with Crippen molar-refractivity contribution >= 4 is 35.0 Å². The molecular weight excluding hydrogens is 378 g/mol. The fourth-order valence-electron chi connectivity index (χ4n) is 2.84. The topological polar surface area (TPSA) is 58.2 Å². The normalized spacial score (nSPS) is 18.3. The quantitative estimate of drug-likeness (QED) is 0.732. The number of hydrogen-bond acceptors (Lipinski definition) is 2. The molecule has 136 valence electrons. The second-order valence-corrected chi connectivity index (χ2v) is 6.96. The zero-order valence-electron chi connectivity index (χ0n) is 13.8. The lowest BCUT2D eigenvalue weighted by atomic mass is 10.1. The monoisotopic (exact) mass is 394 g/mol. The number of halogens is 3. The molecule has 0 saturated heterocycles. The number of carbonyl (C=O) groups is 2. The highest BCUT2D eigenvalue weighted by Crippen LogP contribution is 2.48. The van der Waals surface area contributed by atoms with Crippen molar-refractivity contribution in [3.05, 3.63) is 69.5 Å². The van der Waals surface area contributed by atoms with E-state index in [0.717, 1.165) is 0 Å². The third-order valence-electron chi connectivity index (χ3n) is 4.32. The summed E-state index contributed by atoms with van der Waals surface area (Å²) >= 11 is 11.7. The van der Waals surface area contributed by atoms with E-state index in [2.05, 4.69) is 10.6 Å². The van der Waals surface area contributed by atoms with Crippen LogP contribution in [0.4, 0.5) is 4.39 Å². The second kappa shape index (κ2) is 8.06. The molecule has 4 nitrogen and oxygen atoms in total. The molecule has 2 aromatic carbocycles. The molecule has 0 bridgehead atoms. The fourth-order valence-corrected chi connectivity index (χ4v) is 3.13. The lowest BCUT2D eigenvalue weighted by Gasteiger charge is -2.08. The van der Waals surface area contributed by atoms with Gasteiger partial charge in [-0.25, -0.2) is 4.39 Å². The largest absolute Gasteiger partial charge is 0.354 e. The van der Waals surface area contributed by atoms with Crippen LogP contribution in [0.15, 0.2) is 42.5 Å². The van der Waals surface area contributed by atoms with Gasteiger partial charge in [-0.15, -0.1) is 0 Å². The van der Waals surface area contributed by atoms with Crippen LogP contribution in [-0.2, 0) is 4.79 Å². The molecule has 2 amide bonds. The molecule has 2 unspecified atom stereocenters. The number of benzene rings is 2. The smallest absolute Gasteiger partial charge is 0.251 e. The van der Waals surface area contributed by atoms with E-state index in [1.165, 1.54) is 12.1 Å². The van der Waals surface area contributed by atoms with Crippen LogP contribution in [0, 0.1) is 11.7 Å². The lowest BCUT2D eigenvalue weighted by Crippen LogP contribution is -2.35. The fraction of sp³-hybridized carbons (Fsp3) is 0.263. The number of amides is 2. The van der Waals surface area contributed by atoms with E-state index in [9.17, 15) is 14.0 Å². The van der Waals surface area contributed by atoms with E-state index in [1.807, 2.05) is 0 Å². The summed E-state index contributed by atoms with van der Waals surface area (Å²) in [7, 11) is 0. The molecule has 1 fully saturated rings. The Balaban J connectivity index is 1.41. The molecule has 2 atom stereocenters. The number of rotatable bonds is 6. The molecule has 0 spiro atoms. The van der Waals surface area contributed by atoms with E-state index in [0.29, 0.717) is 34.1 Å². The molecule has 0 aromatic heterocycles. The van der Waals surface area contributed by atoms with Gasteiger partial charge < -0.3 is 10.6 Å². The standard InChI is InChI=1S/C19H17Cl2FN2O2/c20-15-6-5-11(9-16(15)21)18(25)23-7-8-24-19(26)14-10-13(14)12-3-1-2-4-17(12)22/h1-6,9,13-14H,7-8,10H2,(H,23,25)(H,24,26). The molecule has 0 heterocycles. The van der Waals surface area contributed by atoms with Gasteiger partial charge in [-0.3, -0.25) is 9.59 Å². The molecular formula is C19H17Cl2FN2O2. The van der Waals surface area contributed by atoms with Gasteiger partial charge >= 0.3 is 0 Å². The summed E-state index contributed by atoms with van der Waals surface area (Å²) < 4.78 is 13.7. The lowest BCUT2D eigenvalue weighted by molar-refractivity contribution is -0.122. The van der Waals surface area contributed by atoms with E-state index < -0.39 is 0 Å². The number of hydrogen-bond donors (Lipinski definition) is 2. The van der Waals surface area contributed by atoms with E-state index in [1.54, 1.807) is 30.3 Å². The molecule has 0 aliphatic heterocycles. The van der Waals surface area contributed by atoms with Crippen LogP contribution in [0.5, 0.6) is 0 Å².